The van der Waals surface area contributed by atoms with Crippen LogP contribution in [0.4, 0.5) is 5.95 Å². The minimum Gasteiger partial charge on any atom is -0.494 e. The molecule has 0 aliphatic carbocycles. The Morgan fingerprint density at radius 2 is 2.07 bits per heavy atom. The third kappa shape index (κ3) is 2.96. The maximum absolute atomic E-state index is 13.3. The Bertz CT molecular complexity index is 1130. The average molecular weight is 410 g/mol. The SMILES string of the molecule is COCN1CCC2(CCN(C(=O)c3cc4c5cccc(OC)c5nc(N)n4n3)C2)C1. The molecule has 2 aromatic heterocycles. The van der Waals surface area contributed by atoms with Crippen LogP contribution in [0, 0.1) is 5.41 Å². The number of ether oxygens (including phenoxy) is 2. The van der Waals surface area contributed by atoms with Crippen molar-refractivity contribution >= 4 is 28.3 Å². The van der Waals surface area contributed by atoms with Crippen LogP contribution in [0.15, 0.2) is 24.3 Å². The number of rotatable bonds is 4. The summed E-state index contributed by atoms with van der Waals surface area (Å²) in [6.45, 7) is 4.13. The van der Waals surface area contributed by atoms with Gasteiger partial charge < -0.3 is 20.1 Å². The summed E-state index contributed by atoms with van der Waals surface area (Å²) in [5, 5.41) is 5.33. The van der Waals surface area contributed by atoms with Crippen molar-refractivity contribution in [2.75, 3.05) is 52.9 Å². The van der Waals surface area contributed by atoms with E-state index in [1.807, 2.05) is 23.1 Å². The zero-order valence-corrected chi connectivity index (χ0v) is 17.3. The minimum atomic E-state index is -0.0591. The van der Waals surface area contributed by atoms with E-state index in [-0.39, 0.29) is 17.3 Å². The normalized spacial score (nSPS) is 22.0. The van der Waals surface area contributed by atoms with E-state index in [0.29, 0.717) is 23.7 Å². The zero-order valence-electron chi connectivity index (χ0n) is 17.3. The number of carbonyl (C=O) groups excluding carboxylic acids is 1. The first-order valence-corrected chi connectivity index (χ1v) is 10.2. The molecule has 1 aromatic carbocycles. The molecule has 4 heterocycles. The number of fused-ring (bicyclic) bond motifs is 3. The van der Waals surface area contributed by atoms with Crippen LogP contribution in [0.1, 0.15) is 23.3 Å². The quantitative estimate of drug-likeness (QED) is 0.698. The van der Waals surface area contributed by atoms with Crippen molar-refractivity contribution in [2.24, 2.45) is 5.41 Å². The second kappa shape index (κ2) is 7.10. The van der Waals surface area contributed by atoms with Crippen LogP contribution >= 0.6 is 0 Å². The van der Waals surface area contributed by atoms with Crippen molar-refractivity contribution in [2.45, 2.75) is 12.8 Å². The largest absolute Gasteiger partial charge is 0.494 e. The fourth-order valence-electron chi connectivity index (χ4n) is 4.95. The van der Waals surface area contributed by atoms with Crippen molar-refractivity contribution < 1.29 is 14.3 Å². The van der Waals surface area contributed by atoms with Crippen molar-refractivity contribution in [1.29, 1.82) is 0 Å². The number of nitrogens with zero attached hydrogens (tertiary/aromatic N) is 5. The third-order valence-electron chi connectivity index (χ3n) is 6.42. The highest BCUT2D eigenvalue weighted by Crippen LogP contribution is 2.40. The molecule has 1 unspecified atom stereocenters. The highest BCUT2D eigenvalue weighted by Gasteiger charge is 2.45. The van der Waals surface area contributed by atoms with Crippen LogP contribution in [-0.4, -0.2) is 77.4 Å². The molecular weight excluding hydrogens is 384 g/mol. The maximum Gasteiger partial charge on any atom is 0.274 e. The number of para-hydroxylation sites is 1. The summed E-state index contributed by atoms with van der Waals surface area (Å²) in [5.41, 5.74) is 8.11. The van der Waals surface area contributed by atoms with Gasteiger partial charge in [-0.25, -0.2) is 4.98 Å². The van der Waals surface area contributed by atoms with Crippen LogP contribution < -0.4 is 10.5 Å². The van der Waals surface area contributed by atoms with Gasteiger partial charge in [0.15, 0.2) is 5.69 Å². The summed E-state index contributed by atoms with van der Waals surface area (Å²) in [6, 6.07) is 7.47. The van der Waals surface area contributed by atoms with Gasteiger partial charge in [-0.1, -0.05) is 12.1 Å². The van der Waals surface area contributed by atoms with Crippen molar-refractivity contribution in [3.05, 3.63) is 30.0 Å². The number of aromatic nitrogens is 3. The fraction of sp³-hybridized carbons (Fsp3) is 0.476. The summed E-state index contributed by atoms with van der Waals surface area (Å²) in [7, 11) is 3.32. The molecule has 0 bridgehead atoms. The van der Waals surface area contributed by atoms with Crippen LogP contribution in [0.25, 0.3) is 16.4 Å². The number of carbonyl (C=O) groups is 1. The third-order valence-corrected chi connectivity index (χ3v) is 6.42. The molecule has 2 N–H and O–H groups in total. The molecule has 0 saturated carbocycles. The molecule has 2 aliphatic heterocycles. The fourth-order valence-corrected chi connectivity index (χ4v) is 4.95. The summed E-state index contributed by atoms with van der Waals surface area (Å²) in [6.07, 6.45) is 2.10. The first kappa shape index (κ1) is 19.1. The number of benzene rings is 1. The second-order valence-corrected chi connectivity index (χ2v) is 8.35. The molecule has 2 saturated heterocycles. The maximum atomic E-state index is 13.3. The molecule has 0 radical (unpaired) electrons. The number of anilines is 1. The van der Waals surface area contributed by atoms with Gasteiger partial charge in [0, 0.05) is 44.1 Å². The molecule has 5 rings (SSSR count). The van der Waals surface area contributed by atoms with Gasteiger partial charge in [-0.2, -0.15) is 9.61 Å². The summed E-state index contributed by atoms with van der Waals surface area (Å²) < 4.78 is 12.2. The summed E-state index contributed by atoms with van der Waals surface area (Å²) >= 11 is 0. The number of hydrogen-bond acceptors (Lipinski definition) is 7. The lowest BCUT2D eigenvalue weighted by Gasteiger charge is -2.24. The van der Waals surface area contributed by atoms with E-state index in [4.69, 9.17) is 15.2 Å². The molecule has 1 spiro atoms. The molecule has 3 aromatic rings. The summed E-state index contributed by atoms with van der Waals surface area (Å²) in [4.78, 5) is 21.9. The monoisotopic (exact) mass is 410 g/mol. The molecule has 9 heteroatoms. The molecule has 2 aliphatic rings. The first-order chi connectivity index (χ1) is 14.5. The van der Waals surface area contributed by atoms with Gasteiger partial charge >= 0.3 is 0 Å². The Balaban J connectivity index is 1.45. The van der Waals surface area contributed by atoms with Gasteiger partial charge in [0.05, 0.1) is 19.4 Å². The van der Waals surface area contributed by atoms with E-state index in [1.165, 1.54) is 4.52 Å². The topological polar surface area (TPSA) is 98.2 Å². The smallest absolute Gasteiger partial charge is 0.274 e. The van der Waals surface area contributed by atoms with E-state index in [9.17, 15) is 4.79 Å². The highest BCUT2D eigenvalue weighted by atomic mass is 16.5. The first-order valence-electron chi connectivity index (χ1n) is 10.2. The van der Waals surface area contributed by atoms with Crippen LogP contribution in [0.5, 0.6) is 5.75 Å². The van der Waals surface area contributed by atoms with Gasteiger partial charge in [0.25, 0.3) is 5.91 Å². The van der Waals surface area contributed by atoms with Crippen LogP contribution in [0.2, 0.25) is 0 Å². The molecule has 9 nitrogen and oxygen atoms in total. The van der Waals surface area contributed by atoms with Gasteiger partial charge in [0.2, 0.25) is 5.95 Å². The highest BCUT2D eigenvalue weighted by molar-refractivity contribution is 6.01. The number of nitrogens with two attached hydrogens (primary N) is 1. The van der Waals surface area contributed by atoms with E-state index in [2.05, 4.69) is 15.0 Å². The predicted molar refractivity (Wildman–Crippen MR) is 112 cm³/mol. The Morgan fingerprint density at radius 3 is 2.87 bits per heavy atom. The predicted octanol–water partition coefficient (Wildman–Crippen LogP) is 1.62. The average Bonchev–Trinajstić information content (AvgIpc) is 3.47. The number of nitrogen functional groups attached to an aromatic ring is 1. The molecule has 2 fully saturated rings. The van der Waals surface area contributed by atoms with E-state index in [1.54, 1.807) is 20.3 Å². The Morgan fingerprint density at radius 1 is 1.23 bits per heavy atom. The Hall–Kier alpha value is -2.91. The van der Waals surface area contributed by atoms with Crippen molar-refractivity contribution in [3.63, 3.8) is 0 Å². The van der Waals surface area contributed by atoms with Gasteiger partial charge in [-0.15, -0.1) is 0 Å². The van der Waals surface area contributed by atoms with Gasteiger partial charge in [0.1, 0.15) is 11.3 Å². The van der Waals surface area contributed by atoms with Crippen molar-refractivity contribution in [1.82, 2.24) is 24.4 Å². The van der Waals surface area contributed by atoms with E-state index >= 15 is 0 Å². The number of methoxy groups -OCH3 is 2. The van der Waals surface area contributed by atoms with E-state index in [0.717, 1.165) is 49.9 Å². The number of likely N-dealkylation sites (tertiary alicyclic amines) is 2. The summed E-state index contributed by atoms with van der Waals surface area (Å²) in [5.74, 6) is 0.806. The number of amides is 1. The molecular formula is C21H26N6O3. The van der Waals surface area contributed by atoms with Gasteiger partial charge in [-0.05, 0) is 25.0 Å². The van der Waals surface area contributed by atoms with Gasteiger partial charge in [-0.3, -0.25) is 9.69 Å². The Labute approximate surface area is 174 Å². The molecule has 1 amide bonds. The van der Waals surface area contributed by atoms with Crippen LogP contribution in [-0.2, 0) is 4.74 Å². The standard InChI is InChI=1S/C21H26N6O3/c1-29-13-25-8-6-21(11-25)7-9-26(12-21)19(28)15-10-16-14-4-3-5-17(30-2)18(14)23-20(22)27(16)24-15/h3-5,10H,6-9,11-13H2,1-2H3,(H2,22,23). The minimum absolute atomic E-state index is 0.0591. The molecule has 30 heavy (non-hydrogen) atoms. The number of hydrogen-bond donors (Lipinski definition) is 1. The lowest BCUT2D eigenvalue weighted by Crippen LogP contribution is -2.34. The zero-order chi connectivity index (χ0) is 20.9. The lowest BCUT2D eigenvalue weighted by molar-refractivity contribution is 0.0686. The molecule has 158 valence electrons. The van der Waals surface area contributed by atoms with Crippen LogP contribution in [0.3, 0.4) is 0 Å². The second-order valence-electron chi connectivity index (χ2n) is 8.35. The van der Waals surface area contributed by atoms with Crippen molar-refractivity contribution in [3.8, 4) is 5.75 Å². The molecule has 1 atom stereocenters. The Kier molecular flexibility index (Phi) is 4.52. The van der Waals surface area contributed by atoms with E-state index < -0.39 is 0 Å². The lowest BCUT2D eigenvalue weighted by atomic mass is 9.86.